The van der Waals surface area contributed by atoms with Crippen molar-refractivity contribution in [2.45, 2.75) is 6.92 Å². The number of urea groups is 1. The van der Waals surface area contributed by atoms with Gasteiger partial charge in [0.15, 0.2) is 0 Å². The predicted molar refractivity (Wildman–Crippen MR) is 112 cm³/mol. The van der Waals surface area contributed by atoms with Crippen molar-refractivity contribution in [2.24, 2.45) is 0 Å². The maximum absolute atomic E-state index is 13.1. The first-order valence-electron chi connectivity index (χ1n) is 8.53. The number of hydrogen-bond acceptors (Lipinski definition) is 4. The van der Waals surface area contributed by atoms with Gasteiger partial charge in [0.25, 0.3) is 11.8 Å². The van der Waals surface area contributed by atoms with Crippen molar-refractivity contribution in [2.75, 3.05) is 11.5 Å². The minimum Gasteiger partial charge on any atom is -0.489 e. The summed E-state index contributed by atoms with van der Waals surface area (Å²) in [6, 6.07) is 8.77. The second kappa shape index (κ2) is 8.51. The zero-order chi connectivity index (χ0) is 21.1. The third-order valence-electron chi connectivity index (χ3n) is 4.21. The monoisotopic (exact) mass is 430 g/mol. The first-order chi connectivity index (χ1) is 13.8. The Hall–Kier alpha value is -3.09. The number of halogens is 2. The van der Waals surface area contributed by atoms with Crippen LogP contribution in [-0.2, 0) is 9.59 Å². The molecule has 2 aromatic carbocycles. The fourth-order valence-corrected chi connectivity index (χ4v) is 3.13. The molecule has 0 atom stereocenters. The summed E-state index contributed by atoms with van der Waals surface area (Å²) in [7, 11) is 0. The molecule has 0 aromatic heterocycles. The van der Waals surface area contributed by atoms with E-state index in [1.165, 1.54) is 6.08 Å². The molecule has 8 heteroatoms. The number of amides is 4. The molecule has 0 saturated carbocycles. The van der Waals surface area contributed by atoms with Crippen LogP contribution in [0.4, 0.5) is 10.5 Å². The van der Waals surface area contributed by atoms with Gasteiger partial charge in [0.1, 0.15) is 17.9 Å². The highest BCUT2D eigenvalue weighted by Crippen LogP contribution is 2.31. The average Bonchev–Trinajstić information content (AvgIpc) is 2.67. The van der Waals surface area contributed by atoms with Crippen LogP contribution in [0.2, 0.25) is 10.0 Å². The number of rotatable bonds is 5. The summed E-state index contributed by atoms with van der Waals surface area (Å²) < 4.78 is 5.56. The summed E-state index contributed by atoms with van der Waals surface area (Å²) in [4.78, 5) is 38.7. The largest absolute Gasteiger partial charge is 0.489 e. The lowest BCUT2D eigenvalue weighted by molar-refractivity contribution is -0.122. The molecule has 0 aliphatic carbocycles. The number of benzene rings is 2. The van der Waals surface area contributed by atoms with Crippen molar-refractivity contribution < 1.29 is 19.1 Å². The Morgan fingerprint density at radius 3 is 2.66 bits per heavy atom. The van der Waals surface area contributed by atoms with E-state index >= 15 is 0 Å². The topological polar surface area (TPSA) is 75.7 Å². The van der Waals surface area contributed by atoms with E-state index in [9.17, 15) is 14.4 Å². The molecule has 0 bridgehead atoms. The fourth-order valence-electron chi connectivity index (χ4n) is 2.78. The van der Waals surface area contributed by atoms with Gasteiger partial charge in [0.05, 0.1) is 5.69 Å². The first-order valence-corrected chi connectivity index (χ1v) is 9.29. The molecule has 1 N–H and O–H groups in total. The first kappa shape index (κ1) is 20.6. The quantitative estimate of drug-likeness (QED) is 0.429. The summed E-state index contributed by atoms with van der Waals surface area (Å²) >= 11 is 12.2. The number of hydrogen-bond donors (Lipinski definition) is 1. The van der Waals surface area contributed by atoms with E-state index in [1.807, 2.05) is 0 Å². The fraction of sp³-hybridized carbons (Fsp3) is 0.0952. The summed E-state index contributed by atoms with van der Waals surface area (Å²) in [6.07, 6.45) is 2.90. The summed E-state index contributed by atoms with van der Waals surface area (Å²) in [5.41, 5.74) is 0.987. The number of carbonyl (C=O) groups is 3. The minimum atomic E-state index is -0.850. The smallest absolute Gasteiger partial charge is 0.335 e. The van der Waals surface area contributed by atoms with Crippen molar-refractivity contribution in [3.05, 3.63) is 75.8 Å². The Morgan fingerprint density at radius 2 is 1.93 bits per heavy atom. The van der Waals surface area contributed by atoms with Gasteiger partial charge >= 0.3 is 6.03 Å². The van der Waals surface area contributed by atoms with Gasteiger partial charge in [0, 0.05) is 15.6 Å². The van der Waals surface area contributed by atoms with Crippen LogP contribution in [0.3, 0.4) is 0 Å². The van der Waals surface area contributed by atoms with Crippen molar-refractivity contribution >= 4 is 52.8 Å². The lowest BCUT2D eigenvalue weighted by atomic mass is 10.0. The number of carbonyl (C=O) groups excluding carboxylic acids is 3. The van der Waals surface area contributed by atoms with Crippen molar-refractivity contribution in [3.63, 3.8) is 0 Å². The molecule has 3 rings (SSSR count). The number of anilines is 1. The van der Waals surface area contributed by atoms with Gasteiger partial charge in [-0.1, -0.05) is 41.9 Å². The van der Waals surface area contributed by atoms with E-state index in [0.29, 0.717) is 26.9 Å². The third-order valence-corrected chi connectivity index (χ3v) is 4.85. The predicted octanol–water partition coefficient (Wildman–Crippen LogP) is 4.53. The molecule has 0 radical (unpaired) electrons. The highest BCUT2D eigenvalue weighted by Gasteiger charge is 2.37. The van der Waals surface area contributed by atoms with Crippen LogP contribution < -0.4 is 15.0 Å². The molecule has 0 spiro atoms. The summed E-state index contributed by atoms with van der Waals surface area (Å²) in [5, 5.41) is 2.96. The zero-order valence-corrected chi connectivity index (χ0v) is 16.9. The lowest BCUT2D eigenvalue weighted by Crippen LogP contribution is -2.54. The number of barbiturate groups is 1. The molecule has 4 amide bonds. The minimum absolute atomic E-state index is 0.226. The number of nitrogens with zero attached hydrogens (tertiary/aromatic N) is 1. The Bertz CT molecular complexity index is 1060. The molecular weight excluding hydrogens is 415 g/mol. The lowest BCUT2D eigenvalue weighted by Gasteiger charge is -2.27. The number of nitrogens with one attached hydrogen (secondary N) is 1. The Labute approximate surface area is 177 Å². The van der Waals surface area contributed by atoms with Crippen LogP contribution >= 0.6 is 23.2 Å². The molecule has 6 nitrogen and oxygen atoms in total. The van der Waals surface area contributed by atoms with Gasteiger partial charge in [-0.05, 0) is 48.9 Å². The molecule has 1 aliphatic heterocycles. The van der Waals surface area contributed by atoms with Crippen LogP contribution in [0.1, 0.15) is 11.1 Å². The van der Waals surface area contributed by atoms with Crippen molar-refractivity contribution in [3.8, 4) is 5.75 Å². The SMILES string of the molecule is C=CCOc1ccc(Cl)cc1/C=C1\C(=O)NC(=O)N(c2cccc(Cl)c2C)C1=O. The Morgan fingerprint density at radius 1 is 1.17 bits per heavy atom. The molecule has 1 heterocycles. The summed E-state index contributed by atoms with van der Waals surface area (Å²) in [5.74, 6) is -1.19. The molecular formula is C21H16Cl2N2O4. The van der Waals surface area contributed by atoms with Gasteiger partial charge < -0.3 is 4.74 Å². The standard InChI is InChI=1S/C21H16Cl2N2O4/c1-3-9-29-18-8-7-14(22)10-13(18)11-15-19(26)24-21(28)25(20(15)27)17-6-4-5-16(23)12(17)2/h3-8,10-11H,1,9H2,2H3,(H,24,26,28)/b15-11+. The van der Waals surface area contributed by atoms with Crippen molar-refractivity contribution in [1.29, 1.82) is 0 Å². The second-order valence-electron chi connectivity index (χ2n) is 6.12. The number of ether oxygens (including phenoxy) is 1. The van der Waals surface area contributed by atoms with E-state index in [-0.39, 0.29) is 17.9 Å². The normalized spacial score (nSPS) is 15.5. The van der Waals surface area contributed by atoms with E-state index in [1.54, 1.807) is 49.4 Å². The van der Waals surface area contributed by atoms with E-state index in [0.717, 1.165) is 4.90 Å². The molecule has 1 saturated heterocycles. The molecule has 148 valence electrons. The zero-order valence-electron chi connectivity index (χ0n) is 15.4. The molecule has 0 unspecified atom stereocenters. The van der Waals surface area contributed by atoms with Crippen LogP contribution in [0, 0.1) is 6.92 Å². The molecule has 1 aliphatic rings. The van der Waals surface area contributed by atoms with Crippen LogP contribution in [0.5, 0.6) is 5.75 Å². The number of imide groups is 2. The van der Waals surface area contributed by atoms with Gasteiger partial charge in [-0.25, -0.2) is 9.69 Å². The Balaban J connectivity index is 2.08. The van der Waals surface area contributed by atoms with E-state index < -0.39 is 17.8 Å². The van der Waals surface area contributed by atoms with Gasteiger partial charge in [-0.3, -0.25) is 14.9 Å². The highest BCUT2D eigenvalue weighted by molar-refractivity contribution is 6.40. The van der Waals surface area contributed by atoms with Crippen LogP contribution in [-0.4, -0.2) is 24.5 Å². The summed E-state index contributed by atoms with van der Waals surface area (Å²) in [6.45, 7) is 5.49. The average molecular weight is 431 g/mol. The molecule has 29 heavy (non-hydrogen) atoms. The molecule has 2 aromatic rings. The maximum atomic E-state index is 13.1. The third kappa shape index (κ3) is 4.18. The Kier molecular flexibility index (Phi) is 6.06. The van der Waals surface area contributed by atoms with E-state index in [4.69, 9.17) is 27.9 Å². The second-order valence-corrected chi connectivity index (χ2v) is 6.97. The van der Waals surface area contributed by atoms with Crippen LogP contribution in [0.25, 0.3) is 6.08 Å². The highest BCUT2D eigenvalue weighted by atomic mass is 35.5. The van der Waals surface area contributed by atoms with Crippen molar-refractivity contribution in [1.82, 2.24) is 5.32 Å². The van der Waals surface area contributed by atoms with Gasteiger partial charge in [0.2, 0.25) is 0 Å². The van der Waals surface area contributed by atoms with Crippen LogP contribution in [0.15, 0.2) is 54.6 Å². The maximum Gasteiger partial charge on any atom is 0.335 e. The van der Waals surface area contributed by atoms with E-state index in [2.05, 4.69) is 11.9 Å². The van der Waals surface area contributed by atoms with Gasteiger partial charge in [-0.15, -0.1) is 0 Å². The van der Waals surface area contributed by atoms with Gasteiger partial charge in [-0.2, -0.15) is 0 Å². The molecule has 1 fully saturated rings.